The molecule has 0 amide bonds. The maximum absolute atomic E-state index is 5.36. The normalized spacial score (nSPS) is 14.1. The van der Waals surface area contributed by atoms with E-state index >= 15 is 0 Å². The molecule has 0 N–H and O–H groups in total. The third-order valence-corrected chi connectivity index (χ3v) is 5.81. The van der Waals surface area contributed by atoms with Crippen LogP contribution in [-0.4, -0.2) is 15.0 Å². The Kier molecular flexibility index (Phi) is 3.27. The van der Waals surface area contributed by atoms with Gasteiger partial charge in [-0.3, -0.25) is 4.98 Å². The molecule has 0 saturated carbocycles. The average molecular weight is 314 g/mol. The van der Waals surface area contributed by atoms with Crippen LogP contribution < -0.4 is 0 Å². The van der Waals surface area contributed by atoms with E-state index in [4.69, 9.17) is 17.6 Å². The average Bonchev–Trinajstić information content (AvgIpc) is 3.09. The zero-order valence-corrected chi connectivity index (χ0v) is 13.6. The van der Waals surface area contributed by atoms with Crippen molar-refractivity contribution in [3.8, 4) is 0 Å². The molecule has 0 aromatic carbocycles. The summed E-state index contributed by atoms with van der Waals surface area (Å²) in [6.07, 6.45) is 8.65. The van der Waals surface area contributed by atoms with E-state index in [2.05, 4.69) is 16.9 Å². The van der Waals surface area contributed by atoms with Crippen LogP contribution in [0.2, 0.25) is 0 Å². The van der Waals surface area contributed by atoms with Gasteiger partial charge in [-0.1, -0.05) is 18.4 Å². The number of unbranched alkanes of at least 4 members (excludes halogenated alkanes) is 1. The predicted octanol–water partition coefficient (Wildman–Crippen LogP) is 3.98. The second kappa shape index (κ2) is 5.14. The van der Waals surface area contributed by atoms with Crippen molar-refractivity contribution in [3.63, 3.8) is 0 Å². The summed E-state index contributed by atoms with van der Waals surface area (Å²) in [6.45, 7) is 2.23. The van der Waals surface area contributed by atoms with E-state index in [1.807, 2.05) is 0 Å². The number of hydrogen-bond donors (Lipinski definition) is 0. The van der Waals surface area contributed by atoms with Gasteiger partial charge < -0.3 is 12.6 Å². The van der Waals surface area contributed by atoms with Gasteiger partial charge in [0.25, 0.3) is 0 Å². The highest BCUT2D eigenvalue weighted by atomic mass is 32.1. The summed E-state index contributed by atoms with van der Waals surface area (Å²) in [5, 5.41) is 1.90. The fraction of sp³-hybridized carbons (Fsp3) is 0.438. The molecule has 3 aromatic heterocycles. The Labute approximate surface area is 133 Å². The summed E-state index contributed by atoms with van der Waals surface area (Å²) in [4.78, 5) is 14.7. The van der Waals surface area contributed by atoms with Gasteiger partial charge in [-0.25, -0.2) is 9.97 Å². The minimum Gasteiger partial charge on any atom is -0.759 e. The Bertz CT molecular complexity index is 839. The summed E-state index contributed by atoms with van der Waals surface area (Å²) in [5.74, 6) is 0. The second-order valence-electron chi connectivity index (χ2n) is 5.61. The Balaban J connectivity index is 2.04. The Hall–Kier alpha value is -1.33. The van der Waals surface area contributed by atoms with Gasteiger partial charge in [0.15, 0.2) is 0 Å². The maximum Gasteiger partial charge on any atom is 0.126 e. The molecule has 0 saturated heterocycles. The van der Waals surface area contributed by atoms with Gasteiger partial charge in [-0.05, 0) is 43.2 Å². The van der Waals surface area contributed by atoms with Crippen LogP contribution in [0, 0.1) is 0 Å². The van der Waals surface area contributed by atoms with Gasteiger partial charge in [0, 0.05) is 11.1 Å². The predicted molar refractivity (Wildman–Crippen MR) is 89.0 cm³/mol. The molecule has 3 nitrogen and oxygen atoms in total. The summed E-state index contributed by atoms with van der Waals surface area (Å²) >= 11 is 7.02. The first-order valence-electron chi connectivity index (χ1n) is 7.54. The fourth-order valence-electron chi connectivity index (χ4n) is 3.31. The summed E-state index contributed by atoms with van der Waals surface area (Å²) in [5.41, 5.74) is 5.29. The second-order valence-corrected chi connectivity index (χ2v) is 7.00. The molecule has 0 aliphatic heterocycles. The minimum atomic E-state index is 0.657. The van der Waals surface area contributed by atoms with Crippen molar-refractivity contribution in [3.05, 3.63) is 23.1 Å². The molecule has 0 fully saturated rings. The molecule has 1 aliphatic carbocycles. The van der Waals surface area contributed by atoms with Crippen LogP contribution in [0.4, 0.5) is 0 Å². The van der Waals surface area contributed by atoms with Gasteiger partial charge in [0.2, 0.25) is 0 Å². The zero-order chi connectivity index (χ0) is 14.4. The monoisotopic (exact) mass is 314 g/mol. The zero-order valence-electron chi connectivity index (χ0n) is 12.0. The molecule has 5 heteroatoms. The topological polar surface area (TPSA) is 38.7 Å². The van der Waals surface area contributed by atoms with Gasteiger partial charge >= 0.3 is 0 Å². The van der Waals surface area contributed by atoms with Crippen LogP contribution in [-0.2, 0) is 31.9 Å². The number of thiophene rings is 1. The van der Waals surface area contributed by atoms with Crippen molar-refractivity contribution < 1.29 is 0 Å². The van der Waals surface area contributed by atoms with E-state index in [1.54, 1.807) is 17.7 Å². The van der Waals surface area contributed by atoms with Crippen LogP contribution >= 0.6 is 11.3 Å². The Morgan fingerprint density at radius 2 is 2.10 bits per heavy atom. The summed E-state index contributed by atoms with van der Waals surface area (Å²) in [7, 11) is 0. The van der Waals surface area contributed by atoms with E-state index in [0.29, 0.717) is 5.03 Å². The summed E-state index contributed by atoms with van der Waals surface area (Å²) in [6, 6.07) is 0. The number of rotatable bonds is 3. The smallest absolute Gasteiger partial charge is 0.126 e. The van der Waals surface area contributed by atoms with Crippen LogP contribution in [0.15, 0.2) is 11.4 Å². The number of pyridine rings is 1. The number of fused-ring (bicyclic) bond motifs is 5. The Morgan fingerprint density at radius 1 is 1.24 bits per heavy atom. The standard InChI is InChI=1S/C16H17N3S2/c1-2-3-7-11-9-5-4-6-10(9)12-13-14(21-16(12)19-11)15(20)18-8-17-13/h8H,2-7H2,1H3,(H,17,18,20)/p-1. The Morgan fingerprint density at radius 3 is 2.95 bits per heavy atom. The first-order valence-corrected chi connectivity index (χ1v) is 8.77. The van der Waals surface area contributed by atoms with Crippen LogP contribution in [0.25, 0.3) is 20.4 Å². The van der Waals surface area contributed by atoms with Gasteiger partial charge in [-0.15, -0.1) is 11.3 Å². The minimum absolute atomic E-state index is 0.657. The number of aryl methyl sites for hydroxylation is 2. The lowest BCUT2D eigenvalue weighted by Crippen LogP contribution is -1.98. The van der Waals surface area contributed by atoms with Crippen molar-refractivity contribution >= 4 is 44.4 Å². The van der Waals surface area contributed by atoms with E-state index in [9.17, 15) is 0 Å². The van der Waals surface area contributed by atoms with Gasteiger partial charge in [-0.2, -0.15) is 0 Å². The third kappa shape index (κ3) is 2.02. The molecule has 0 atom stereocenters. The SMILES string of the molecule is CCCCc1nc2sc3c([S-])ncnc3c2c2c1CCC2. The first-order chi connectivity index (χ1) is 10.3. The lowest BCUT2D eigenvalue weighted by Gasteiger charge is -2.08. The first kappa shape index (κ1) is 13.3. The molecule has 1 aliphatic rings. The number of nitrogens with zero attached hydrogens (tertiary/aromatic N) is 3. The molecule has 3 heterocycles. The number of aromatic nitrogens is 3. The largest absolute Gasteiger partial charge is 0.759 e. The highest BCUT2D eigenvalue weighted by molar-refractivity contribution is 7.59. The highest BCUT2D eigenvalue weighted by Gasteiger charge is 2.22. The molecular formula is C16H16N3S2-. The van der Waals surface area contributed by atoms with E-state index < -0.39 is 0 Å². The molecule has 0 spiro atoms. The van der Waals surface area contributed by atoms with Crippen LogP contribution in [0.3, 0.4) is 0 Å². The molecule has 0 bridgehead atoms. The molecule has 0 radical (unpaired) electrons. The summed E-state index contributed by atoms with van der Waals surface area (Å²) < 4.78 is 1.02. The quantitative estimate of drug-likeness (QED) is 0.541. The maximum atomic E-state index is 5.36. The molecule has 4 rings (SSSR count). The lowest BCUT2D eigenvalue weighted by molar-refractivity contribution is 0.770. The molecule has 0 unspecified atom stereocenters. The van der Waals surface area contributed by atoms with E-state index in [1.165, 1.54) is 47.9 Å². The molecule has 108 valence electrons. The fourth-order valence-corrected chi connectivity index (χ4v) is 4.64. The van der Waals surface area contributed by atoms with Crippen molar-refractivity contribution in [2.24, 2.45) is 0 Å². The number of hydrogen-bond acceptors (Lipinski definition) is 5. The van der Waals surface area contributed by atoms with Crippen molar-refractivity contribution in [1.29, 1.82) is 0 Å². The third-order valence-electron chi connectivity index (χ3n) is 4.29. The van der Waals surface area contributed by atoms with Crippen molar-refractivity contribution in [2.75, 3.05) is 0 Å². The van der Waals surface area contributed by atoms with Crippen LogP contribution in [0.1, 0.15) is 43.0 Å². The van der Waals surface area contributed by atoms with Crippen molar-refractivity contribution in [1.82, 2.24) is 15.0 Å². The molecule has 3 aromatic rings. The highest BCUT2D eigenvalue weighted by Crippen LogP contribution is 2.40. The van der Waals surface area contributed by atoms with Gasteiger partial charge in [0.05, 0.1) is 10.2 Å². The lowest BCUT2D eigenvalue weighted by atomic mass is 10.0. The van der Waals surface area contributed by atoms with Gasteiger partial charge in [0.1, 0.15) is 11.2 Å². The molecular weight excluding hydrogens is 298 g/mol. The van der Waals surface area contributed by atoms with Crippen LogP contribution in [0.5, 0.6) is 0 Å². The van der Waals surface area contributed by atoms with E-state index in [-0.39, 0.29) is 0 Å². The van der Waals surface area contributed by atoms with Crippen molar-refractivity contribution in [2.45, 2.75) is 50.5 Å². The van der Waals surface area contributed by atoms with E-state index in [0.717, 1.165) is 27.9 Å². The molecule has 21 heavy (non-hydrogen) atoms.